The molecular weight excluding hydrogens is 412 g/mol. The van der Waals surface area contributed by atoms with E-state index in [1.807, 2.05) is 6.92 Å². The fourth-order valence-electron chi connectivity index (χ4n) is 2.59. The summed E-state index contributed by atoms with van der Waals surface area (Å²) in [5, 5.41) is 0.0994. The van der Waals surface area contributed by atoms with E-state index in [4.69, 9.17) is 9.47 Å². The van der Waals surface area contributed by atoms with Crippen LogP contribution in [0, 0.1) is 6.92 Å². The summed E-state index contributed by atoms with van der Waals surface area (Å²) in [6.45, 7) is 1.87. The average molecular weight is 433 g/mol. The summed E-state index contributed by atoms with van der Waals surface area (Å²) in [4.78, 5) is 14.2. The summed E-state index contributed by atoms with van der Waals surface area (Å²) in [5.41, 5.74) is 1.66. The number of hydrogen-bond donors (Lipinski definition) is 0. The summed E-state index contributed by atoms with van der Waals surface area (Å²) >= 11 is 1.01. The highest BCUT2D eigenvalue weighted by atomic mass is 32.2. The quantitative estimate of drug-likeness (QED) is 0.674. The molecule has 1 aliphatic heterocycles. The first-order valence-corrected chi connectivity index (χ1v) is 10.8. The average Bonchev–Trinajstić information content (AvgIpc) is 2.95. The Morgan fingerprint density at radius 2 is 1.69 bits per heavy atom. The molecule has 0 N–H and O–H groups in total. The van der Waals surface area contributed by atoms with E-state index in [-0.39, 0.29) is 16.0 Å². The third-order valence-electron chi connectivity index (χ3n) is 4.23. The van der Waals surface area contributed by atoms with Crippen molar-refractivity contribution in [2.24, 2.45) is 4.40 Å². The van der Waals surface area contributed by atoms with E-state index in [0.29, 0.717) is 16.4 Å². The van der Waals surface area contributed by atoms with Crippen LogP contribution in [-0.2, 0) is 14.8 Å². The largest absolute Gasteiger partial charge is 0.493 e. The first-order chi connectivity index (χ1) is 13.7. The van der Waals surface area contributed by atoms with Gasteiger partial charge in [-0.25, -0.2) is 0 Å². The minimum absolute atomic E-state index is 0.0781. The summed E-state index contributed by atoms with van der Waals surface area (Å²) < 4.78 is 39.5. The number of nitrogens with zero attached hydrogens (tertiary/aromatic N) is 2. The molecule has 9 heteroatoms. The molecule has 0 aromatic heterocycles. The van der Waals surface area contributed by atoms with Crippen LogP contribution in [0.1, 0.15) is 11.1 Å². The van der Waals surface area contributed by atoms with Gasteiger partial charge >= 0.3 is 0 Å². The lowest BCUT2D eigenvalue weighted by Gasteiger charge is -2.08. The second kappa shape index (κ2) is 8.30. The predicted molar refractivity (Wildman–Crippen MR) is 114 cm³/mol. The Morgan fingerprint density at radius 1 is 1.03 bits per heavy atom. The van der Waals surface area contributed by atoms with Gasteiger partial charge in [-0.3, -0.25) is 9.69 Å². The lowest BCUT2D eigenvalue weighted by Crippen LogP contribution is -2.24. The number of hydrogen-bond acceptors (Lipinski definition) is 6. The molecule has 1 amide bonds. The summed E-state index contributed by atoms with van der Waals surface area (Å²) in [5.74, 6) is 0.771. The zero-order valence-electron chi connectivity index (χ0n) is 16.4. The van der Waals surface area contributed by atoms with Crippen molar-refractivity contribution in [3.05, 3.63) is 58.5 Å². The van der Waals surface area contributed by atoms with Gasteiger partial charge in [-0.1, -0.05) is 23.8 Å². The SMILES string of the molecule is COc1ccc(/C=C2/S/C(=N\S(=O)(=O)c3ccc(C)cc3)N(C)C2=O)cc1OC. The molecule has 0 atom stereocenters. The number of rotatable bonds is 5. The standard InChI is InChI=1S/C20H20N2O5S2/c1-13-5-8-15(9-6-13)29(24,25)21-20-22(2)19(23)18(28-20)12-14-7-10-16(26-3)17(11-14)27-4/h5-12H,1-4H3/b18-12+,21-20-. The van der Waals surface area contributed by atoms with E-state index < -0.39 is 10.0 Å². The molecule has 1 heterocycles. The smallest absolute Gasteiger partial charge is 0.284 e. The van der Waals surface area contributed by atoms with Gasteiger partial charge in [0.2, 0.25) is 0 Å². The molecule has 3 rings (SSSR count). The third-order valence-corrected chi connectivity index (χ3v) is 6.68. The van der Waals surface area contributed by atoms with Gasteiger partial charge in [-0.2, -0.15) is 8.42 Å². The summed E-state index contributed by atoms with van der Waals surface area (Å²) in [7, 11) is 0.638. The Labute approximate surface area is 174 Å². The number of sulfonamides is 1. The number of amides is 1. The molecule has 2 aromatic rings. The Balaban J connectivity index is 1.92. The third kappa shape index (κ3) is 4.46. The van der Waals surface area contributed by atoms with Gasteiger partial charge in [-0.15, -0.1) is 4.40 Å². The number of amidine groups is 1. The van der Waals surface area contributed by atoms with Crippen molar-refractivity contribution < 1.29 is 22.7 Å². The van der Waals surface area contributed by atoms with Crippen LogP contribution in [0.5, 0.6) is 11.5 Å². The van der Waals surface area contributed by atoms with Crippen molar-refractivity contribution in [3.8, 4) is 11.5 Å². The Bertz CT molecular complexity index is 1110. The maximum Gasteiger partial charge on any atom is 0.284 e. The monoisotopic (exact) mass is 432 g/mol. The van der Waals surface area contributed by atoms with Crippen molar-refractivity contribution in [1.82, 2.24) is 4.90 Å². The highest BCUT2D eigenvalue weighted by molar-refractivity contribution is 8.19. The lowest BCUT2D eigenvalue weighted by molar-refractivity contribution is -0.121. The second-order valence-electron chi connectivity index (χ2n) is 6.25. The van der Waals surface area contributed by atoms with Crippen LogP contribution in [0.15, 0.2) is 56.7 Å². The van der Waals surface area contributed by atoms with Crippen molar-refractivity contribution in [3.63, 3.8) is 0 Å². The molecular formula is C20H20N2O5S2. The van der Waals surface area contributed by atoms with Gasteiger partial charge in [-0.05, 0) is 54.6 Å². The molecule has 0 radical (unpaired) electrons. The van der Waals surface area contributed by atoms with E-state index in [9.17, 15) is 13.2 Å². The van der Waals surface area contributed by atoms with E-state index in [2.05, 4.69) is 4.40 Å². The number of benzene rings is 2. The van der Waals surface area contributed by atoms with Crippen LogP contribution in [0.25, 0.3) is 6.08 Å². The van der Waals surface area contributed by atoms with Crippen molar-refractivity contribution >= 4 is 38.9 Å². The minimum atomic E-state index is -3.92. The molecule has 2 aromatic carbocycles. The molecule has 0 bridgehead atoms. The Kier molecular flexibility index (Phi) is 5.99. The molecule has 0 spiro atoms. The molecule has 0 unspecified atom stereocenters. The summed E-state index contributed by atoms with van der Waals surface area (Å²) in [6, 6.07) is 11.6. The van der Waals surface area contributed by atoms with E-state index in [0.717, 1.165) is 22.9 Å². The van der Waals surface area contributed by atoms with Crippen molar-refractivity contribution in [2.45, 2.75) is 11.8 Å². The zero-order valence-corrected chi connectivity index (χ0v) is 18.0. The number of likely N-dealkylation sites (N-methyl/N-ethyl adjacent to an activating group) is 1. The Hall–Kier alpha value is -2.78. The molecule has 1 fully saturated rings. The van der Waals surface area contributed by atoms with E-state index in [1.54, 1.807) is 43.5 Å². The normalized spacial score (nSPS) is 17.2. The fourth-order valence-corrected chi connectivity index (χ4v) is 4.79. The highest BCUT2D eigenvalue weighted by Gasteiger charge is 2.32. The van der Waals surface area contributed by atoms with E-state index >= 15 is 0 Å². The van der Waals surface area contributed by atoms with Crippen LogP contribution >= 0.6 is 11.8 Å². The molecule has 0 aliphatic carbocycles. The van der Waals surface area contributed by atoms with Gasteiger partial charge in [0, 0.05) is 7.05 Å². The van der Waals surface area contributed by atoms with Crippen LogP contribution < -0.4 is 9.47 Å². The summed E-state index contributed by atoms with van der Waals surface area (Å²) in [6.07, 6.45) is 1.66. The minimum Gasteiger partial charge on any atom is -0.493 e. The van der Waals surface area contributed by atoms with Crippen LogP contribution in [0.4, 0.5) is 0 Å². The fraction of sp³-hybridized carbons (Fsp3) is 0.200. The van der Waals surface area contributed by atoms with E-state index in [1.165, 1.54) is 31.2 Å². The molecule has 0 saturated carbocycles. The number of carbonyl (C=O) groups is 1. The van der Waals surface area contributed by atoms with Crippen molar-refractivity contribution in [2.75, 3.05) is 21.3 Å². The maximum absolute atomic E-state index is 12.6. The maximum atomic E-state index is 12.6. The predicted octanol–water partition coefficient (Wildman–Crippen LogP) is 3.30. The Morgan fingerprint density at radius 3 is 2.31 bits per heavy atom. The number of thioether (sulfide) groups is 1. The molecule has 1 aliphatic rings. The topological polar surface area (TPSA) is 85.3 Å². The van der Waals surface area contributed by atoms with Gasteiger partial charge in [0.05, 0.1) is 24.0 Å². The van der Waals surface area contributed by atoms with Gasteiger partial charge in [0.15, 0.2) is 16.7 Å². The molecule has 7 nitrogen and oxygen atoms in total. The number of carbonyl (C=O) groups excluding carboxylic acids is 1. The highest BCUT2D eigenvalue weighted by Crippen LogP contribution is 2.34. The van der Waals surface area contributed by atoms with Crippen LogP contribution in [0.3, 0.4) is 0 Å². The number of methoxy groups -OCH3 is 2. The molecule has 152 valence electrons. The van der Waals surface area contributed by atoms with Crippen LogP contribution in [-0.4, -0.2) is 45.7 Å². The second-order valence-corrected chi connectivity index (χ2v) is 8.86. The van der Waals surface area contributed by atoms with Crippen molar-refractivity contribution in [1.29, 1.82) is 0 Å². The van der Waals surface area contributed by atoms with Crippen LogP contribution in [0.2, 0.25) is 0 Å². The van der Waals surface area contributed by atoms with Gasteiger partial charge in [0.1, 0.15) is 0 Å². The molecule has 1 saturated heterocycles. The first kappa shape index (κ1) is 20.9. The molecule has 29 heavy (non-hydrogen) atoms. The number of aryl methyl sites for hydroxylation is 1. The van der Waals surface area contributed by atoms with Gasteiger partial charge in [0.25, 0.3) is 15.9 Å². The van der Waals surface area contributed by atoms with Gasteiger partial charge < -0.3 is 9.47 Å². The number of ether oxygens (including phenoxy) is 2. The first-order valence-electron chi connectivity index (χ1n) is 8.56. The lowest BCUT2D eigenvalue weighted by atomic mass is 10.2. The zero-order chi connectivity index (χ0) is 21.2.